The molecule has 0 unspecified atom stereocenters. The molecule has 0 radical (unpaired) electrons. The monoisotopic (exact) mass is 441 g/mol. The highest BCUT2D eigenvalue weighted by molar-refractivity contribution is 6.35. The summed E-state index contributed by atoms with van der Waals surface area (Å²) in [4.78, 5) is 32.7. The predicted molar refractivity (Wildman–Crippen MR) is 128 cm³/mol. The molecule has 1 saturated heterocycles. The zero-order chi connectivity index (χ0) is 23.1. The van der Waals surface area contributed by atoms with E-state index >= 15 is 0 Å². The van der Waals surface area contributed by atoms with Crippen LogP contribution in [0.25, 0.3) is 5.57 Å². The van der Waals surface area contributed by atoms with Gasteiger partial charge in [0.25, 0.3) is 11.8 Å². The third kappa shape index (κ3) is 5.91. The van der Waals surface area contributed by atoms with Crippen molar-refractivity contribution in [3.63, 3.8) is 0 Å². The average Bonchev–Trinajstić information content (AvgIpc) is 3.01. The van der Waals surface area contributed by atoms with Gasteiger partial charge in [-0.1, -0.05) is 51.2 Å². The van der Waals surface area contributed by atoms with Crippen LogP contribution in [0.4, 0.5) is 0 Å². The summed E-state index contributed by atoms with van der Waals surface area (Å²) >= 11 is 0. The molecule has 0 aliphatic carbocycles. The summed E-state index contributed by atoms with van der Waals surface area (Å²) in [6.07, 6.45) is 6.85. The number of hydrogen-bond donors (Lipinski definition) is 0. The molecule has 0 aromatic heterocycles. The molecule has 0 atom stereocenters. The Kier molecular flexibility index (Phi) is 8.74. The number of unbranched alkanes of at least 4 members (excludes halogenated alkanes) is 5. The number of piperazine rings is 1. The highest BCUT2D eigenvalue weighted by Crippen LogP contribution is 2.33. The van der Waals surface area contributed by atoms with E-state index in [1.54, 1.807) is 0 Å². The molecule has 2 aliphatic heterocycles. The van der Waals surface area contributed by atoms with Crippen molar-refractivity contribution in [2.24, 2.45) is 0 Å². The van der Waals surface area contributed by atoms with Crippen molar-refractivity contribution in [2.75, 3.05) is 39.8 Å². The first kappa shape index (κ1) is 24.3. The number of nitrogens with zero attached hydrogens (tertiary/aromatic N) is 3. The van der Waals surface area contributed by atoms with Crippen molar-refractivity contribution >= 4 is 17.4 Å². The number of ether oxygens (including phenoxy) is 1. The van der Waals surface area contributed by atoms with Crippen LogP contribution >= 0.6 is 0 Å². The van der Waals surface area contributed by atoms with E-state index in [2.05, 4.69) is 23.8 Å². The molecule has 2 aliphatic rings. The van der Waals surface area contributed by atoms with Crippen molar-refractivity contribution < 1.29 is 14.3 Å². The van der Waals surface area contributed by atoms with Gasteiger partial charge in [0.2, 0.25) is 0 Å². The first-order valence-electron chi connectivity index (χ1n) is 12.2. The molecule has 1 fully saturated rings. The van der Waals surface area contributed by atoms with Gasteiger partial charge in [0, 0.05) is 32.7 Å². The molecule has 1 aromatic rings. The van der Waals surface area contributed by atoms with Crippen LogP contribution in [-0.2, 0) is 9.59 Å². The van der Waals surface area contributed by atoms with Crippen LogP contribution in [-0.4, -0.2) is 72.4 Å². The highest BCUT2D eigenvalue weighted by Gasteiger charge is 2.41. The SMILES string of the molecule is CCCCCCCCN1C(=O)C(c2ccc(OC(C)C)cc2)=C(N2CCN(C)CC2)C1=O. The number of rotatable bonds is 11. The van der Waals surface area contributed by atoms with Gasteiger partial charge in [-0.15, -0.1) is 0 Å². The van der Waals surface area contributed by atoms with Gasteiger partial charge in [0.05, 0.1) is 11.7 Å². The molecule has 32 heavy (non-hydrogen) atoms. The fraction of sp³-hybridized carbons (Fsp3) is 0.615. The summed E-state index contributed by atoms with van der Waals surface area (Å²) in [7, 11) is 2.09. The summed E-state index contributed by atoms with van der Waals surface area (Å²) in [5, 5.41) is 0. The maximum absolute atomic E-state index is 13.4. The number of hydrogen-bond acceptors (Lipinski definition) is 5. The third-order valence-electron chi connectivity index (χ3n) is 6.21. The van der Waals surface area contributed by atoms with Crippen molar-refractivity contribution in [1.82, 2.24) is 14.7 Å². The fourth-order valence-electron chi connectivity index (χ4n) is 4.37. The Morgan fingerprint density at radius 2 is 1.50 bits per heavy atom. The van der Waals surface area contributed by atoms with Gasteiger partial charge in [-0.2, -0.15) is 0 Å². The Labute approximate surface area is 193 Å². The fourth-order valence-corrected chi connectivity index (χ4v) is 4.37. The normalized spacial score (nSPS) is 17.8. The topological polar surface area (TPSA) is 53.1 Å². The largest absolute Gasteiger partial charge is 0.491 e. The van der Waals surface area contributed by atoms with Crippen LogP contribution in [0.15, 0.2) is 30.0 Å². The van der Waals surface area contributed by atoms with Crippen LogP contribution in [0, 0.1) is 0 Å². The van der Waals surface area contributed by atoms with E-state index in [-0.39, 0.29) is 17.9 Å². The molecule has 6 nitrogen and oxygen atoms in total. The van der Waals surface area contributed by atoms with E-state index < -0.39 is 0 Å². The van der Waals surface area contributed by atoms with E-state index in [1.165, 1.54) is 24.2 Å². The van der Waals surface area contributed by atoms with Gasteiger partial charge in [0.15, 0.2) is 0 Å². The quantitative estimate of drug-likeness (QED) is 0.381. The summed E-state index contributed by atoms with van der Waals surface area (Å²) in [6, 6.07) is 7.58. The van der Waals surface area contributed by atoms with Gasteiger partial charge < -0.3 is 14.5 Å². The van der Waals surface area contributed by atoms with Crippen LogP contribution < -0.4 is 4.74 Å². The lowest BCUT2D eigenvalue weighted by atomic mass is 10.0. The second-order valence-corrected chi connectivity index (χ2v) is 9.23. The Morgan fingerprint density at radius 1 is 0.875 bits per heavy atom. The average molecular weight is 442 g/mol. The van der Waals surface area contributed by atoms with Gasteiger partial charge in [-0.05, 0) is 45.0 Å². The van der Waals surface area contributed by atoms with E-state index in [0.717, 1.165) is 56.8 Å². The zero-order valence-electron chi connectivity index (χ0n) is 20.2. The first-order chi connectivity index (χ1) is 15.4. The summed E-state index contributed by atoms with van der Waals surface area (Å²) in [5.41, 5.74) is 1.91. The Morgan fingerprint density at radius 3 is 2.12 bits per heavy atom. The van der Waals surface area contributed by atoms with Crippen molar-refractivity contribution in [1.29, 1.82) is 0 Å². The Balaban J connectivity index is 1.80. The molecular formula is C26H39N3O3. The molecular weight excluding hydrogens is 402 g/mol. The Bertz CT molecular complexity index is 808. The van der Waals surface area contributed by atoms with E-state index in [0.29, 0.717) is 17.8 Å². The van der Waals surface area contributed by atoms with E-state index in [1.807, 2.05) is 38.1 Å². The minimum absolute atomic E-state index is 0.0866. The number of benzene rings is 1. The minimum atomic E-state index is -0.157. The summed E-state index contributed by atoms with van der Waals surface area (Å²) in [6.45, 7) is 9.97. The molecule has 176 valence electrons. The molecule has 0 N–H and O–H groups in total. The molecule has 0 bridgehead atoms. The molecule has 6 heteroatoms. The maximum Gasteiger partial charge on any atom is 0.277 e. The number of imide groups is 1. The van der Waals surface area contributed by atoms with Crippen LogP contribution in [0.2, 0.25) is 0 Å². The van der Waals surface area contributed by atoms with Gasteiger partial charge in [-0.25, -0.2) is 0 Å². The van der Waals surface area contributed by atoms with Gasteiger partial charge >= 0.3 is 0 Å². The number of likely N-dealkylation sites (N-methyl/N-ethyl adjacent to an activating group) is 1. The lowest BCUT2D eigenvalue weighted by Crippen LogP contribution is -2.46. The van der Waals surface area contributed by atoms with Gasteiger partial charge in [0.1, 0.15) is 11.4 Å². The lowest BCUT2D eigenvalue weighted by Gasteiger charge is -2.34. The number of carbonyl (C=O) groups is 2. The second kappa shape index (κ2) is 11.5. The Hall–Kier alpha value is -2.34. The molecule has 2 heterocycles. The smallest absolute Gasteiger partial charge is 0.277 e. The molecule has 2 amide bonds. The first-order valence-corrected chi connectivity index (χ1v) is 12.2. The summed E-state index contributed by atoms with van der Waals surface area (Å²) < 4.78 is 5.75. The zero-order valence-corrected chi connectivity index (χ0v) is 20.2. The number of carbonyl (C=O) groups excluding carboxylic acids is 2. The van der Waals surface area contributed by atoms with Crippen LogP contribution in [0.5, 0.6) is 5.75 Å². The van der Waals surface area contributed by atoms with Gasteiger partial charge in [-0.3, -0.25) is 14.5 Å². The van der Waals surface area contributed by atoms with Crippen LogP contribution in [0.1, 0.15) is 64.9 Å². The van der Waals surface area contributed by atoms with Crippen molar-refractivity contribution in [3.05, 3.63) is 35.5 Å². The standard InChI is InChI=1S/C26H39N3O3/c1-5-6-7-8-9-10-15-29-25(30)23(21-11-13-22(14-12-21)32-20(2)3)24(26(29)31)28-18-16-27(4)17-19-28/h11-14,20H,5-10,15-19H2,1-4H3. The molecule has 0 saturated carbocycles. The highest BCUT2D eigenvalue weighted by atomic mass is 16.5. The van der Waals surface area contributed by atoms with E-state index in [9.17, 15) is 9.59 Å². The lowest BCUT2D eigenvalue weighted by molar-refractivity contribution is -0.137. The number of amides is 2. The maximum atomic E-state index is 13.4. The van der Waals surface area contributed by atoms with Crippen molar-refractivity contribution in [2.45, 2.75) is 65.4 Å². The molecule has 3 rings (SSSR count). The second-order valence-electron chi connectivity index (χ2n) is 9.23. The summed E-state index contributed by atoms with van der Waals surface area (Å²) in [5.74, 6) is 0.479. The van der Waals surface area contributed by atoms with Crippen LogP contribution in [0.3, 0.4) is 0 Å². The minimum Gasteiger partial charge on any atom is -0.491 e. The molecule has 1 aromatic carbocycles. The van der Waals surface area contributed by atoms with Crippen molar-refractivity contribution in [3.8, 4) is 5.75 Å². The molecule has 0 spiro atoms. The predicted octanol–water partition coefficient (Wildman–Crippen LogP) is 4.16. The van der Waals surface area contributed by atoms with E-state index in [4.69, 9.17) is 4.74 Å². The third-order valence-corrected chi connectivity index (χ3v) is 6.21.